The van der Waals surface area contributed by atoms with E-state index >= 15 is 0 Å². The van der Waals surface area contributed by atoms with Gasteiger partial charge in [0.05, 0.1) is 16.2 Å². The number of halogens is 3. The Morgan fingerprint density at radius 2 is 2.20 bits per heavy atom. The molecule has 0 amide bonds. The molecule has 0 fully saturated rings. The van der Waals surface area contributed by atoms with Gasteiger partial charge in [-0.05, 0) is 34.7 Å². The number of aliphatic hydroxyl groups is 1. The van der Waals surface area contributed by atoms with E-state index in [4.69, 9.17) is 5.11 Å². The van der Waals surface area contributed by atoms with Gasteiger partial charge in [-0.15, -0.1) is 0 Å². The summed E-state index contributed by atoms with van der Waals surface area (Å²) in [4.78, 5) is 11.6. The number of nitrogens with zero attached hydrogens (tertiary/aromatic N) is 1. The fourth-order valence-electron chi connectivity index (χ4n) is 1.25. The number of hydrogen-bond acceptors (Lipinski definition) is 2. The Hall–Kier alpha value is -0.500. The Bertz CT molecular complexity index is 381. The zero-order chi connectivity index (χ0) is 11.4. The van der Waals surface area contributed by atoms with Crippen molar-refractivity contribution in [2.75, 3.05) is 6.61 Å². The normalized spacial score (nSPS) is 13.1. The lowest BCUT2D eigenvalue weighted by Crippen LogP contribution is -2.29. The lowest BCUT2D eigenvalue weighted by molar-refractivity contribution is 0.0945. The summed E-state index contributed by atoms with van der Waals surface area (Å²) in [6, 6.07) is 2.33. The van der Waals surface area contributed by atoms with E-state index < -0.39 is 25.5 Å². The summed E-state index contributed by atoms with van der Waals surface area (Å²) in [5.74, 6) is 0. The molecule has 1 N–H and O–H groups in total. The van der Waals surface area contributed by atoms with Crippen molar-refractivity contribution in [1.29, 1.82) is 0 Å². The second-order valence-corrected chi connectivity index (χ2v) is 4.19. The topological polar surface area (TPSA) is 42.2 Å². The van der Waals surface area contributed by atoms with Gasteiger partial charge in [-0.25, -0.2) is 8.78 Å². The maximum Gasteiger partial charge on any atom is 0.264 e. The van der Waals surface area contributed by atoms with Gasteiger partial charge in [0.25, 0.3) is 5.56 Å². The van der Waals surface area contributed by atoms with Crippen LogP contribution in [-0.2, 0) is 0 Å². The molecule has 1 heterocycles. The molecule has 1 aromatic heterocycles. The number of hydrogen-bond donors (Lipinski definition) is 1. The molecule has 0 aliphatic heterocycles. The van der Waals surface area contributed by atoms with E-state index in [1.54, 1.807) is 12.1 Å². The minimum atomic E-state index is -2.54. The van der Waals surface area contributed by atoms with Gasteiger partial charge < -0.3 is 9.67 Å². The Balaban J connectivity index is 3.02. The zero-order valence-corrected chi connectivity index (χ0v) is 9.90. The van der Waals surface area contributed by atoms with Gasteiger partial charge in [0, 0.05) is 12.6 Å². The number of alkyl halides is 2. The molecule has 0 aliphatic carbocycles. The molecule has 1 unspecified atom stereocenters. The highest BCUT2D eigenvalue weighted by molar-refractivity contribution is 14.1. The van der Waals surface area contributed by atoms with Crippen LogP contribution in [0.4, 0.5) is 8.78 Å². The number of rotatable bonds is 4. The molecule has 1 rings (SSSR count). The zero-order valence-electron chi connectivity index (χ0n) is 7.74. The third kappa shape index (κ3) is 3.23. The third-order valence-electron chi connectivity index (χ3n) is 1.98. The first kappa shape index (κ1) is 12.6. The van der Waals surface area contributed by atoms with Gasteiger partial charge in [-0.3, -0.25) is 4.79 Å². The average molecular weight is 329 g/mol. The molecule has 3 nitrogen and oxygen atoms in total. The first-order chi connectivity index (χ1) is 7.06. The fourth-order valence-corrected chi connectivity index (χ4v) is 1.74. The Morgan fingerprint density at radius 3 is 2.73 bits per heavy atom. The lowest BCUT2D eigenvalue weighted by Gasteiger charge is -2.16. The van der Waals surface area contributed by atoms with Crippen molar-refractivity contribution in [1.82, 2.24) is 4.57 Å². The maximum absolute atomic E-state index is 12.2. The van der Waals surface area contributed by atoms with Crippen LogP contribution in [0.2, 0.25) is 0 Å². The highest BCUT2D eigenvalue weighted by Gasteiger charge is 2.17. The van der Waals surface area contributed by atoms with Crippen LogP contribution in [0.3, 0.4) is 0 Å². The van der Waals surface area contributed by atoms with Gasteiger partial charge in [-0.1, -0.05) is 0 Å². The van der Waals surface area contributed by atoms with E-state index in [-0.39, 0.29) is 5.56 Å². The minimum absolute atomic E-state index is 0.349. The van der Waals surface area contributed by atoms with Crippen LogP contribution in [0.25, 0.3) is 0 Å². The van der Waals surface area contributed by atoms with Gasteiger partial charge >= 0.3 is 0 Å². The van der Waals surface area contributed by atoms with E-state index in [0.29, 0.717) is 3.57 Å². The highest BCUT2D eigenvalue weighted by atomic mass is 127. The summed E-state index contributed by atoms with van der Waals surface area (Å²) < 4.78 is 25.9. The maximum atomic E-state index is 12.2. The van der Waals surface area contributed by atoms with Crippen molar-refractivity contribution >= 4 is 22.6 Å². The van der Waals surface area contributed by atoms with Crippen molar-refractivity contribution < 1.29 is 13.9 Å². The van der Waals surface area contributed by atoms with E-state index in [9.17, 15) is 13.6 Å². The van der Waals surface area contributed by atoms with Crippen LogP contribution in [0.1, 0.15) is 12.5 Å². The quantitative estimate of drug-likeness (QED) is 0.854. The molecule has 0 saturated heterocycles. The molecule has 0 radical (unpaired) electrons. The van der Waals surface area contributed by atoms with Gasteiger partial charge in [-0.2, -0.15) is 0 Å². The van der Waals surface area contributed by atoms with Crippen LogP contribution in [0.5, 0.6) is 0 Å². The van der Waals surface area contributed by atoms with E-state index in [1.165, 1.54) is 6.20 Å². The van der Waals surface area contributed by atoms with Gasteiger partial charge in [0.1, 0.15) is 0 Å². The summed E-state index contributed by atoms with van der Waals surface area (Å²) in [7, 11) is 0. The standard InChI is InChI=1S/C9H10F2INO2/c10-8(11)4-6(5-14)13-3-1-2-7(12)9(13)15/h1-3,6,8,14H,4-5H2. The van der Waals surface area contributed by atoms with E-state index in [2.05, 4.69) is 0 Å². The fraction of sp³-hybridized carbons (Fsp3) is 0.444. The Labute approximate surface area is 98.9 Å². The molecular weight excluding hydrogens is 319 g/mol. The first-order valence-electron chi connectivity index (χ1n) is 4.32. The van der Waals surface area contributed by atoms with Crippen molar-refractivity contribution in [2.24, 2.45) is 0 Å². The summed E-state index contributed by atoms with van der Waals surface area (Å²) in [5.41, 5.74) is -0.349. The third-order valence-corrected chi connectivity index (χ3v) is 2.80. The van der Waals surface area contributed by atoms with Crippen molar-refractivity contribution in [2.45, 2.75) is 18.9 Å². The second-order valence-electron chi connectivity index (χ2n) is 3.03. The van der Waals surface area contributed by atoms with E-state index in [0.717, 1.165) is 4.57 Å². The molecule has 6 heteroatoms. The van der Waals surface area contributed by atoms with Gasteiger partial charge in [0.15, 0.2) is 0 Å². The summed E-state index contributed by atoms with van der Waals surface area (Å²) in [6.07, 6.45) is -1.64. The van der Waals surface area contributed by atoms with Crippen LogP contribution in [0.15, 0.2) is 23.1 Å². The van der Waals surface area contributed by atoms with Crippen molar-refractivity contribution in [3.05, 3.63) is 32.3 Å². The SMILES string of the molecule is O=c1c(I)cccn1C(CO)CC(F)F. The van der Waals surface area contributed by atoms with Gasteiger partial charge in [0.2, 0.25) is 6.43 Å². The number of pyridine rings is 1. The lowest BCUT2D eigenvalue weighted by atomic mass is 10.2. The summed E-state index contributed by atoms with van der Waals surface area (Å²) in [5, 5.41) is 8.95. The predicted octanol–water partition coefficient (Wildman–Crippen LogP) is 1.64. The molecule has 0 bridgehead atoms. The highest BCUT2D eigenvalue weighted by Crippen LogP contribution is 2.14. The smallest absolute Gasteiger partial charge is 0.264 e. The number of aliphatic hydroxyl groups excluding tert-OH is 1. The molecule has 84 valence electrons. The molecule has 0 spiro atoms. The Morgan fingerprint density at radius 1 is 1.53 bits per heavy atom. The largest absolute Gasteiger partial charge is 0.394 e. The molecule has 0 aromatic carbocycles. The second kappa shape index (κ2) is 5.55. The van der Waals surface area contributed by atoms with E-state index in [1.807, 2.05) is 22.6 Å². The molecule has 1 aromatic rings. The molecule has 15 heavy (non-hydrogen) atoms. The summed E-state index contributed by atoms with van der Waals surface area (Å²) >= 11 is 1.83. The molecule has 1 atom stereocenters. The predicted molar refractivity (Wildman–Crippen MR) is 60.2 cm³/mol. The average Bonchev–Trinajstić information content (AvgIpc) is 2.19. The van der Waals surface area contributed by atoms with Crippen LogP contribution >= 0.6 is 22.6 Å². The molecule has 0 aliphatic rings. The number of aromatic nitrogens is 1. The van der Waals surface area contributed by atoms with Crippen molar-refractivity contribution in [3.8, 4) is 0 Å². The first-order valence-corrected chi connectivity index (χ1v) is 5.39. The van der Waals surface area contributed by atoms with Crippen molar-refractivity contribution in [3.63, 3.8) is 0 Å². The molecular formula is C9H10F2INO2. The van der Waals surface area contributed by atoms with Crippen LogP contribution in [-0.4, -0.2) is 22.7 Å². The summed E-state index contributed by atoms with van der Waals surface area (Å²) in [6.45, 7) is -0.468. The van der Waals surface area contributed by atoms with Crippen LogP contribution in [0, 0.1) is 3.57 Å². The monoisotopic (exact) mass is 329 g/mol. The minimum Gasteiger partial charge on any atom is -0.394 e. The Kier molecular flexibility index (Phi) is 4.65. The van der Waals surface area contributed by atoms with Crippen LogP contribution < -0.4 is 5.56 Å². The molecule has 0 saturated carbocycles.